The summed E-state index contributed by atoms with van der Waals surface area (Å²) in [5, 5.41) is 16.0. The van der Waals surface area contributed by atoms with Gasteiger partial charge in [0.25, 0.3) is 0 Å². The van der Waals surface area contributed by atoms with Gasteiger partial charge >= 0.3 is 12.4 Å². The predicted octanol–water partition coefficient (Wildman–Crippen LogP) is -1.15. The lowest BCUT2D eigenvalue weighted by Crippen LogP contribution is -3.03. The van der Waals surface area contributed by atoms with Gasteiger partial charge in [0.05, 0.1) is 0 Å². The van der Waals surface area contributed by atoms with E-state index < -0.39 is 0 Å². The van der Waals surface area contributed by atoms with Gasteiger partial charge in [0, 0.05) is 0 Å². The summed E-state index contributed by atoms with van der Waals surface area (Å²) >= 11 is 0. The number of hydrogen-bond donors (Lipinski definition) is 1. The molecule has 0 saturated heterocycles. The Hall–Kier alpha value is -1.06. The maximum absolute atomic E-state index is 8.02. The SMILES string of the molecule is CC[NH+](C#N)C#N. The van der Waals surface area contributed by atoms with Crippen LogP contribution < -0.4 is 4.90 Å². The second-order valence-electron chi connectivity index (χ2n) is 1.06. The Morgan fingerprint density at radius 3 is 1.86 bits per heavy atom. The van der Waals surface area contributed by atoms with E-state index in [0.717, 1.165) is 0 Å². The van der Waals surface area contributed by atoms with Gasteiger partial charge in [0.15, 0.2) is 0 Å². The topological polar surface area (TPSA) is 52.0 Å². The lowest BCUT2D eigenvalue weighted by Gasteiger charge is -1.85. The van der Waals surface area contributed by atoms with E-state index in [-0.39, 0.29) is 0 Å². The molecule has 0 aromatic heterocycles. The molecule has 0 aromatic carbocycles. The van der Waals surface area contributed by atoms with Crippen molar-refractivity contribution in [2.45, 2.75) is 6.92 Å². The van der Waals surface area contributed by atoms with Crippen molar-refractivity contribution in [1.82, 2.24) is 0 Å². The predicted molar refractivity (Wildman–Crippen MR) is 22.7 cm³/mol. The van der Waals surface area contributed by atoms with E-state index in [4.69, 9.17) is 10.5 Å². The van der Waals surface area contributed by atoms with E-state index in [1.165, 1.54) is 0 Å². The molecule has 1 N–H and O–H groups in total. The standard InChI is InChI=1S/C4H5N3/c1-2-7(3-5)4-6/h2H2,1H3/p+1. The van der Waals surface area contributed by atoms with Gasteiger partial charge in [0.1, 0.15) is 6.54 Å². The van der Waals surface area contributed by atoms with Crippen LogP contribution in [0.3, 0.4) is 0 Å². The summed E-state index contributed by atoms with van der Waals surface area (Å²) < 4.78 is 0. The molecular weight excluding hydrogens is 90.1 g/mol. The highest BCUT2D eigenvalue weighted by molar-refractivity contribution is 4.54. The van der Waals surface area contributed by atoms with Crippen molar-refractivity contribution < 1.29 is 4.90 Å². The Kier molecular flexibility index (Phi) is 2.67. The molecule has 3 heteroatoms. The Balaban J connectivity index is 3.50. The van der Waals surface area contributed by atoms with Crippen LogP contribution in [0.2, 0.25) is 0 Å². The zero-order chi connectivity index (χ0) is 5.70. The maximum Gasteiger partial charge on any atom is 0.322 e. The largest absolute Gasteiger partial charge is 0.322 e. The van der Waals surface area contributed by atoms with Crippen molar-refractivity contribution in [2.24, 2.45) is 0 Å². The Bertz CT molecular complexity index is 102. The zero-order valence-corrected chi connectivity index (χ0v) is 4.10. The number of nitrogens with one attached hydrogen (secondary N) is 1. The monoisotopic (exact) mass is 96.1 g/mol. The smallest absolute Gasteiger partial charge is 0.137 e. The molecule has 0 aliphatic heterocycles. The molecule has 0 radical (unpaired) electrons. The van der Waals surface area contributed by atoms with Crippen molar-refractivity contribution >= 4 is 0 Å². The molecule has 0 bridgehead atoms. The molecule has 0 atom stereocenters. The summed E-state index contributed by atoms with van der Waals surface area (Å²) in [7, 11) is 0. The second-order valence-corrected chi connectivity index (χ2v) is 1.06. The van der Waals surface area contributed by atoms with Crippen molar-refractivity contribution in [3.8, 4) is 12.4 Å². The molecule has 0 amide bonds. The minimum atomic E-state index is 0.292. The van der Waals surface area contributed by atoms with E-state index in [0.29, 0.717) is 11.4 Å². The summed E-state index contributed by atoms with van der Waals surface area (Å²) in [4.78, 5) is 0.292. The van der Waals surface area contributed by atoms with Gasteiger partial charge in [-0.3, -0.25) is 0 Å². The van der Waals surface area contributed by atoms with Crippen molar-refractivity contribution in [1.29, 1.82) is 10.5 Å². The first-order valence-electron chi connectivity index (χ1n) is 2.01. The number of nitriles is 2. The van der Waals surface area contributed by atoms with Gasteiger partial charge in [-0.1, -0.05) is 0 Å². The highest BCUT2D eigenvalue weighted by Crippen LogP contribution is 1.34. The van der Waals surface area contributed by atoms with Gasteiger partial charge in [-0.15, -0.1) is 15.4 Å². The van der Waals surface area contributed by atoms with E-state index in [2.05, 4.69) is 0 Å². The number of rotatable bonds is 1. The minimum Gasteiger partial charge on any atom is -0.137 e. The van der Waals surface area contributed by atoms with Crippen LogP contribution >= 0.6 is 0 Å². The van der Waals surface area contributed by atoms with Crippen LogP contribution in [-0.2, 0) is 0 Å². The average molecular weight is 96.1 g/mol. The summed E-state index contributed by atoms with van der Waals surface area (Å²) in [5.41, 5.74) is 0. The number of hydrogen-bond acceptors (Lipinski definition) is 2. The first-order chi connectivity index (χ1) is 3.35. The Morgan fingerprint density at radius 1 is 1.43 bits per heavy atom. The van der Waals surface area contributed by atoms with E-state index in [9.17, 15) is 0 Å². The fourth-order valence-electron chi connectivity index (χ4n) is 0.183. The van der Waals surface area contributed by atoms with Crippen LogP contribution in [0.1, 0.15) is 6.92 Å². The molecular formula is C4H6N3+. The summed E-state index contributed by atoms with van der Waals surface area (Å²) in [6, 6.07) is 0. The molecule has 0 fully saturated rings. The maximum atomic E-state index is 8.02. The second kappa shape index (κ2) is 3.14. The van der Waals surface area contributed by atoms with Crippen LogP contribution in [0.25, 0.3) is 0 Å². The Morgan fingerprint density at radius 2 is 1.86 bits per heavy atom. The summed E-state index contributed by atoms with van der Waals surface area (Å²) in [6.07, 6.45) is 3.51. The fraction of sp³-hybridized carbons (Fsp3) is 0.500. The Labute approximate surface area is 42.4 Å². The molecule has 3 nitrogen and oxygen atoms in total. The lowest BCUT2D eigenvalue weighted by atomic mass is 10.7. The van der Waals surface area contributed by atoms with Gasteiger partial charge in [0.2, 0.25) is 0 Å². The van der Waals surface area contributed by atoms with Crippen LogP contribution in [0.4, 0.5) is 0 Å². The van der Waals surface area contributed by atoms with Crippen LogP contribution in [0.15, 0.2) is 0 Å². The van der Waals surface area contributed by atoms with Crippen molar-refractivity contribution in [3.63, 3.8) is 0 Å². The van der Waals surface area contributed by atoms with Crippen LogP contribution in [0.5, 0.6) is 0 Å². The molecule has 36 valence electrons. The van der Waals surface area contributed by atoms with Crippen LogP contribution in [0, 0.1) is 22.9 Å². The van der Waals surface area contributed by atoms with Crippen molar-refractivity contribution in [3.05, 3.63) is 0 Å². The average Bonchev–Trinajstić information content (AvgIpc) is 1.72. The number of nitrogens with zero attached hydrogens (tertiary/aromatic N) is 2. The molecule has 0 heterocycles. The molecule has 0 unspecified atom stereocenters. The fourth-order valence-corrected chi connectivity index (χ4v) is 0.183. The van der Waals surface area contributed by atoms with Gasteiger partial charge in [-0.25, -0.2) is 0 Å². The molecule has 7 heavy (non-hydrogen) atoms. The highest BCUT2D eigenvalue weighted by atomic mass is 15.1. The first kappa shape index (κ1) is 5.94. The van der Waals surface area contributed by atoms with E-state index in [1.807, 2.05) is 0 Å². The molecule has 0 rings (SSSR count). The van der Waals surface area contributed by atoms with E-state index in [1.54, 1.807) is 19.3 Å². The quantitative estimate of drug-likeness (QED) is 0.419. The van der Waals surface area contributed by atoms with E-state index >= 15 is 0 Å². The molecule has 0 aliphatic rings. The summed E-state index contributed by atoms with van der Waals surface area (Å²) in [6.45, 7) is 2.33. The minimum absolute atomic E-state index is 0.292. The third kappa shape index (κ3) is 1.75. The number of quaternary nitrogens is 1. The van der Waals surface area contributed by atoms with Gasteiger partial charge in [-0.2, -0.15) is 0 Å². The van der Waals surface area contributed by atoms with Crippen molar-refractivity contribution in [2.75, 3.05) is 6.54 Å². The molecule has 0 aromatic rings. The normalized spacial score (nSPS) is 7.43. The third-order valence-corrected chi connectivity index (χ3v) is 0.623. The first-order valence-corrected chi connectivity index (χ1v) is 2.01. The zero-order valence-electron chi connectivity index (χ0n) is 4.10. The highest BCUT2D eigenvalue weighted by Gasteiger charge is 1.96. The molecule has 0 aliphatic carbocycles. The molecule has 0 spiro atoms. The summed E-state index contributed by atoms with van der Waals surface area (Å²) in [5.74, 6) is 0. The third-order valence-electron chi connectivity index (χ3n) is 0.623. The molecule has 0 saturated carbocycles. The lowest BCUT2D eigenvalue weighted by molar-refractivity contribution is -0.755. The van der Waals surface area contributed by atoms with Gasteiger partial charge in [-0.05, 0) is 6.92 Å². The van der Waals surface area contributed by atoms with Gasteiger partial charge < -0.3 is 0 Å². The van der Waals surface area contributed by atoms with Crippen LogP contribution in [-0.4, -0.2) is 6.54 Å².